The van der Waals surface area contributed by atoms with E-state index in [0.29, 0.717) is 5.92 Å². The molecule has 1 aliphatic carbocycles. The van der Waals surface area contributed by atoms with Gasteiger partial charge in [0.1, 0.15) is 10.7 Å². The van der Waals surface area contributed by atoms with E-state index in [1.165, 1.54) is 0 Å². The van der Waals surface area contributed by atoms with E-state index in [-0.39, 0.29) is 6.54 Å². The molecule has 0 radical (unpaired) electrons. The molecule has 1 saturated carbocycles. The predicted octanol–water partition coefficient (Wildman–Crippen LogP) is 1.54. The standard InChI is InChI=1S/C12H15F2NO3S/c13-10-3-4-11(12(14)9(10)7-16)19(17,18)15-6-5-8-1-2-8/h3-4,8,15-16H,1-2,5-7H2. The van der Waals surface area contributed by atoms with Gasteiger partial charge < -0.3 is 5.11 Å². The Morgan fingerprint density at radius 1 is 1.32 bits per heavy atom. The van der Waals surface area contributed by atoms with E-state index in [1.807, 2.05) is 0 Å². The lowest BCUT2D eigenvalue weighted by atomic mass is 10.2. The van der Waals surface area contributed by atoms with Crippen molar-refractivity contribution in [1.82, 2.24) is 4.72 Å². The van der Waals surface area contributed by atoms with Gasteiger partial charge in [-0.05, 0) is 24.5 Å². The monoisotopic (exact) mass is 291 g/mol. The summed E-state index contributed by atoms with van der Waals surface area (Å²) in [6.45, 7) is -0.651. The molecule has 0 unspecified atom stereocenters. The number of nitrogens with one attached hydrogen (secondary N) is 1. The molecule has 1 aromatic carbocycles. The van der Waals surface area contributed by atoms with Gasteiger partial charge in [0.05, 0.1) is 12.2 Å². The average molecular weight is 291 g/mol. The fraction of sp³-hybridized carbons (Fsp3) is 0.500. The Bertz CT molecular complexity index is 571. The smallest absolute Gasteiger partial charge is 0.243 e. The van der Waals surface area contributed by atoms with Gasteiger partial charge in [0.15, 0.2) is 5.82 Å². The summed E-state index contributed by atoms with van der Waals surface area (Å²) in [5.41, 5.74) is -0.634. The van der Waals surface area contributed by atoms with Crippen molar-refractivity contribution in [2.24, 2.45) is 5.92 Å². The first-order chi connectivity index (χ1) is 8.95. The molecule has 1 fully saturated rings. The Morgan fingerprint density at radius 3 is 2.58 bits per heavy atom. The van der Waals surface area contributed by atoms with Crippen LogP contribution in [0.4, 0.5) is 8.78 Å². The molecular weight excluding hydrogens is 276 g/mol. The summed E-state index contributed by atoms with van der Waals surface area (Å²) in [5, 5.41) is 8.85. The van der Waals surface area contributed by atoms with Gasteiger partial charge in [0.25, 0.3) is 0 Å². The van der Waals surface area contributed by atoms with Crippen LogP contribution in [0.25, 0.3) is 0 Å². The van der Waals surface area contributed by atoms with Crippen molar-refractivity contribution < 1.29 is 22.3 Å². The van der Waals surface area contributed by atoms with Crippen LogP contribution >= 0.6 is 0 Å². The quantitative estimate of drug-likeness (QED) is 0.835. The molecule has 0 atom stereocenters. The maximum absolute atomic E-state index is 13.8. The van der Waals surface area contributed by atoms with Crippen LogP contribution in [-0.4, -0.2) is 20.1 Å². The highest BCUT2D eigenvalue weighted by Gasteiger charge is 2.25. The summed E-state index contributed by atoms with van der Waals surface area (Å²) in [7, 11) is -4.01. The minimum Gasteiger partial charge on any atom is -0.391 e. The van der Waals surface area contributed by atoms with Gasteiger partial charge in [-0.1, -0.05) is 12.8 Å². The molecule has 0 spiro atoms. The summed E-state index contributed by atoms with van der Waals surface area (Å²) >= 11 is 0. The number of sulfonamides is 1. The fourth-order valence-electron chi connectivity index (χ4n) is 1.81. The molecule has 19 heavy (non-hydrogen) atoms. The zero-order valence-electron chi connectivity index (χ0n) is 10.2. The molecule has 0 aliphatic heterocycles. The Hall–Kier alpha value is -1.05. The molecule has 2 rings (SSSR count). The first-order valence-corrected chi connectivity index (χ1v) is 7.51. The molecule has 0 saturated heterocycles. The van der Waals surface area contributed by atoms with Crippen LogP contribution in [0.5, 0.6) is 0 Å². The van der Waals surface area contributed by atoms with E-state index in [1.54, 1.807) is 0 Å². The van der Waals surface area contributed by atoms with Gasteiger partial charge in [-0.15, -0.1) is 0 Å². The second kappa shape index (κ2) is 5.52. The number of aliphatic hydroxyl groups is 1. The molecule has 0 bridgehead atoms. The first kappa shape index (κ1) is 14.4. The number of aliphatic hydroxyl groups excluding tert-OH is 1. The van der Waals surface area contributed by atoms with E-state index in [2.05, 4.69) is 4.72 Å². The second-order valence-corrected chi connectivity index (χ2v) is 6.36. The highest BCUT2D eigenvalue weighted by atomic mass is 32.2. The Morgan fingerprint density at radius 2 is 2.00 bits per heavy atom. The summed E-state index contributed by atoms with van der Waals surface area (Å²) in [5.74, 6) is -1.65. The number of hydrogen-bond acceptors (Lipinski definition) is 3. The second-order valence-electron chi connectivity index (χ2n) is 4.63. The minimum atomic E-state index is -4.01. The molecule has 0 amide bonds. The van der Waals surface area contributed by atoms with Crippen LogP contribution in [-0.2, 0) is 16.6 Å². The van der Waals surface area contributed by atoms with E-state index in [9.17, 15) is 17.2 Å². The van der Waals surface area contributed by atoms with Gasteiger partial charge in [-0.25, -0.2) is 21.9 Å². The van der Waals surface area contributed by atoms with Crippen molar-refractivity contribution in [3.63, 3.8) is 0 Å². The number of hydrogen-bond donors (Lipinski definition) is 2. The highest BCUT2D eigenvalue weighted by Crippen LogP contribution is 2.32. The third kappa shape index (κ3) is 3.29. The van der Waals surface area contributed by atoms with Crippen LogP contribution in [0.1, 0.15) is 24.8 Å². The number of halogens is 2. The lowest BCUT2D eigenvalue weighted by Crippen LogP contribution is -2.26. The molecule has 7 heteroatoms. The normalized spacial score (nSPS) is 15.7. The van der Waals surface area contributed by atoms with Gasteiger partial charge in [0, 0.05) is 6.54 Å². The lowest BCUT2D eigenvalue weighted by molar-refractivity contribution is 0.267. The summed E-state index contributed by atoms with van der Waals surface area (Å²) in [6, 6.07) is 1.70. The zero-order valence-corrected chi connectivity index (χ0v) is 11.0. The molecule has 0 aromatic heterocycles. The minimum absolute atomic E-state index is 0.234. The third-order valence-electron chi connectivity index (χ3n) is 3.14. The predicted molar refractivity (Wildman–Crippen MR) is 64.8 cm³/mol. The fourth-order valence-corrected chi connectivity index (χ4v) is 2.96. The average Bonchev–Trinajstić information content (AvgIpc) is 3.13. The molecular formula is C12H15F2NO3S. The molecule has 106 valence electrons. The largest absolute Gasteiger partial charge is 0.391 e. The molecule has 4 nitrogen and oxygen atoms in total. The number of rotatable bonds is 6. The Balaban J connectivity index is 2.18. The Kier molecular flexibility index (Phi) is 4.17. The number of benzene rings is 1. The summed E-state index contributed by atoms with van der Waals surface area (Å²) < 4.78 is 53.0. The van der Waals surface area contributed by atoms with Crippen molar-refractivity contribution >= 4 is 10.0 Å². The molecule has 1 aromatic rings. The maximum atomic E-state index is 13.8. The van der Waals surface area contributed by atoms with Gasteiger partial charge in [0.2, 0.25) is 10.0 Å². The van der Waals surface area contributed by atoms with Gasteiger partial charge >= 0.3 is 0 Å². The van der Waals surface area contributed by atoms with Crippen molar-refractivity contribution in [2.45, 2.75) is 30.8 Å². The van der Waals surface area contributed by atoms with Gasteiger partial charge in [-0.2, -0.15) is 0 Å². The topological polar surface area (TPSA) is 66.4 Å². The van der Waals surface area contributed by atoms with Crippen LogP contribution < -0.4 is 4.72 Å². The van der Waals surface area contributed by atoms with E-state index in [4.69, 9.17) is 5.11 Å². The van der Waals surface area contributed by atoms with E-state index in [0.717, 1.165) is 31.4 Å². The molecule has 1 aliphatic rings. The van der Waals surface area contributed by atoms with Gasteiger partial charge in [-0.3, -0.25) is 0 Å². The summed E-state index contributed by atoms with van der Waals surface area (Å²) in [6.07, 6.45) is 2.91. The first-order valence-electron chi connectivity index (χ1n) is 6.03. The van der Waals surface area contributed by atoms with Crippen LogP contribution in [0.3, 0.4) is 0 Å². The lowest BCUT2D eigenvalue weighted by Gasteiger charge is -2.10. The van der Waals surface area contributed by atoms with E-state index >= 15 is 0 Å². The van der Waals surface area contributed by atoms with Crippen LogP contribution in [0.2, 0.25) is 0 Å². The van der Waals surface area contributed by atoms with E-state index < -0.39 is 38.7 Å². The summed E-state index contributed by atoms with van der Waals surface area (Å²) in [4.78, 5) is -0.631. The highest BCUT2D eigenvalue weighted by molar-refractivity contribution is 7.89. The van der Waals surface area contributed by atoms with Crippen LogP contribution in [0.15, 0.2) is 17.0 Å². The van der Waals surface area contributed by atoms with Crippen molar-refractivity contribution in [1.29, 1.82) is 0 Å². The maximum Gasteiger partial charge on any atom is 0.243 e. The molecule has 2 N–H and O–H groups in total. The van der Waals surface area contributed by atoms with Crippen molar-refractivity contribution in [2.75, 3.05) is 6.54 Å². The Labute approximate surface area is 110 Å². The van der Waals surface area contributed by atoms with Crippen molar-refractivity contribution in [3.05, 3.63) is 29.3 Å². The third-order valence-corrected chi connectivity index (χ3v) is 4.62. The van der Waals surface area contributed by atoms with Crippen molar-refractivity contribution in [3.8, 4) is 0 Å². The zero-order chi connectivity index (χ0) is 14.0. The van der Waals surface area contributed by atoms with Crippen LogP contribution in [0, 0.1) is 17.6 Å². The molecule has 0 heterocycles. The SMILES string of the molecule is O=S(=O)(NCCC1CC1)c1ccc(F)c(CO)c1F.